The van der Waals surface area contributed by atoms with Gasteiger partial charge >= 0.3 is 0 Å². The van der Waals surface area contributed by atoms with E-state index < -0.39 is 10.0 Å². The normalized spacial score (nSPS) is 15.6. The molecule has 1 aliphatic heterocycles. The van der Waals surface area contributed by atoms with Crippen LogP contribution in [0.4, 0.5) is 11.8 Å². The molecule has 152 valence electrons. The summed E-state index contributed by atoms with van der Waals surface area (Å²) in [6.45, 7) is 1.80. The minimum absolute atomic E-state index is 0.257. The minimum atomic E-state index is -3.54. The molecule has 29 heavy (non-hydrogen) atoms. The fraction of sp³-hybridized carbons (Fsp3) is 0.300. The van der Waals surface area contributed by atoms with Crippen molar-refractivity contribution in [3.8, 4) is 0 Å². The van der Waals surface area contributed by atoms with Gasteiger partial charge in [-0.05, 0) is 36.4 Å². The Labute approximate surface area is 175 Å². The van der Waals surface area contributed by atoms with Gasteiger partial charge in [0.2, 0.25) is 16.0 Å². The number of para-hydroxylation sites is 1. The van der Waals surface area contributed by atoms with E-state index in [0.29, 0.717) is 37.1 Å². The van der Waals surface area contributed by atoms with Crippen LogP contribution < -0.4 is 9.80 Å². The topological polar surface area (TPSA) is 69.6 Å². The Morgan fingerprint density at radius 2 is 1.59 bits per heavy atom. The van der Waals surface area contributed by atoms with Gasteiger partial charge in [-0.15, -0.1) is 0 Å². The molecular weight excluding hydrogens is 410 g/mol. The van der Waals surface area contributed by atoms with Gasteiger partial charge in [-0.2, -0.15) is 9.29 Å². The summed E-state index contributed by atoms with van der Waals surface area (Å²) in [5, 5.41) is 1.50. The van der Waals surface area contributed by atoms with E-state index in [1.165, 1.54) is 4.31 Å². The van der Waals surface area contributed by atoms with Gasteiger partial charge in [0.25, 0.3) is 0 Å². The highest BCUT2D eigenvalue weighted by molar-refractivity contribution is 7.89. The summed E-state index contributed by atoms with van der Waals surface area (Å²) in [5.74, 6) is 1.47. The summed E-state index contributed by atoms with van der Waals surface area (Å²) >= 11 is 5.88. The van der Waals surface area contributed by atoms with Gasteiger partial charge in [-0.3, -0.25) is 0 Å². The standard InChI is InChI=1S/C20H22ClN5O2S/c1-24(2)19-17-5-3-4-6-18(17)22-20(23-19)25-11-13-26(14-12-25)29(27,28)16-9-7-15(21)8-10-16/h3-10H,11-14H2,1-2H3. The third-order valence-corrected chi connectivity index (χ3v) is 7.13. The lowest BCUT2D eigenvalue weighted by atomic mass is 10.2. The third kappa shape index (κ3) is 3.88. The lowest BCUT2D eigenvalue weighted by Crippen LogP contribution is -2.49. The van der Waals surface area contributed by atoms with Crippen LogP contribution in [-0.2, 0) is 10.0 Å². The molecule has 0 aliphatic carbocycles. The molecule has 9 heteroatoms. The number of fused-ring (bicyclic) bond motifs is 1. The van der Waals surface area contributed by atoms with Crippen molar-refractivity contribution in [3.05, 3.63) is 53.6 Å². The molecule has 3 aromatic rings. The van der Waals surface area contributed by atoms with Crippen LogP contribution in [0.3, 0.4) is 0 Å². The van der Waals surface area contributed by atoms with E-state index in [0.717, 1.165) is 16.7 Å². The number of piperazine rings is 1. The molecule has 0 spiro atoms. The van der Waals surface area contributed by atoms with E-state index in [9.17, 15) is 8.42 Å². The van der Waals surface area contributed by atoms with Crippen molar-refractivity contribution >= 4 is 44.3 Å². The number of anilines is 2. The summed E-state index contributed by atoms with van der Waals surface area (Å²) in [6, 6.07) is 14.2. The Morgan fingerprint density at radius 3 is 2.24 bits per heavy atom. The van der Waals surface area contributed by atoms with Crippen molar-refractivity contribution in [3.63, 3.8) is 0 Å². The first-order valence-electron chi connectivity index (χ1n) is 9.31. The summed E-state index contributed by atoms with van der Waals surface area (Å²) in [5.41, 5.74) is 0.873. The van der Waals surface area contributed by atoms with Gasteiger partial charge in [-0.1, -0.05) is 23.7 Å². The Morgan fingerprint density at radius 1 is 0.931 bits per heavy atom. The van der Waals surface area contributed by atoms with Crippen LogP contribution in [0.1, 0.15) is 0 Å². The van der Waals surface area contributed by atoms with Crippen molar-refractivity contribution in [2.24, 2.45) is 0 Å². The van der Waals surface area contributed by atoms with Gasteiger partial charge in [0, 0.05) is 50.7 Å². The van der Waals surface area contributed by atoms with Gasteiger partial charge in [0.1, 0.15) is 5.82 Å². The van der Waals surface area contributed by atoms with Crippen LogP contribution >= 0.6 is 11.6 Å². The maximum absolute atomic E-state index is 12.9. The van der Waals surface area contributed by atoms with E-state index in [-0.39, 0.29) is 4.90 Å². The van der Waals surface area contributed by atoms with E-state index in [4.69, 9.17) is 21.6 Å². The first-order valence-corrected chi connectivity index (χ1v) is 11.1. The Bertz CT molecular complexity index is 1130. The molecule has 2 heterocycles. The minimum Gasteiger partial charge on any atom is -0.362 e. The van der Waals surface area contributed by atoms with Crippen LogP contribution in [0.25, 0.3) is 10.9 Å². The number of sulfonamides is 1. The zero-order valence-electron chi connectivity index (χ0n) is 16.3. The molecule has 4 rings (SSSR count). The van der Waals surface area contributed by atoms with Crippen molar-refractivity contribution in [1.82, 2.24) is 14.3 Å². The average molecular weight is 432 g/mol. The van der Waals surface area contributed by atoms with Crippen LogP contribution in [0.2, 0.25) is 5.02 Å². The highest BCUT2D eigenvalue weighted by Crippen LogP contribution is 2.26. The molecule has 0 N–H and O–H groups in total. The molecule has 0 atom stereocenters. The first kappa shape index (κ1) is 19.9. The molecule has 0 saturated carbocycles. The van der Waals surface area contributed by atoms with Crippen molar-refractivity contribution < 1.29 is 8.42 Å². The third-order valence-electron chi connectivity index (χ3n) is 4.97. The molecular formula is C20H22ClN5O2S. The molecule has 0 radical (unpaired) electrons. The monoisotopic (exact) mass is 431 g/mol. The number of hydrogen-bond acceptors (Lipinski definition) is 6. The molecule has 2 aromatic carbocycles. The molecule has 1 aromatic heterocycles. The van der Waals surface area contributed by atoms with Crippen LogP contribution in [0, 0.1) is 0 Å². The lowest BCUT2D eigenvalue weighted by molar-refractivity contribution is 0.382. The lowest BCUT2D eigenvalue weighted by Gasteiger charge is -2.34. The summed E-state index contributed by atoms with van der Waals surface area (Å²) in [7, 11) is 0.365. The van der Waals surface area contributed by atoms with Gasteiger partial charge in [0.15, 0.2) is 0 Å². The van der Waals surface area contributed by atoms with Crippen molar-refractivity contribution in [2.45, 2.75) is 4.90 Å². The summed E-state index contributed by atoms with van der Waals surface area (Å²) in [4.78, 5) is 13.7. The molecule has 1 saturated heterocycles. The fourth-order valence-corrected chi connectivity index (χ4v) is 4.96. The zero-order valence-corrected chi connectivity index (χ0v) is 17.9. The number of rotatable bonds is 4. The molecule has 0 unspecified atom stereocenters. The Hall–Kier alpha value is -2.42. The van der Waals surface area contributed by atoms with E-state index in [2.05, 4.69) is 0 Å². The SMILES string of the molecule is CN(C)c1nc(N2CCN(S(=O)(=O)c3ccc(Cl)cc3)CC2)nc2ccccc12. The predicted molar refractivity (Wildman–Crippen MR) is 116 cm³/mol. The predicted octanol–water partition coefficient (Wildman–Crippen LogP) is 2.86. The highest BCUT2D eigenvalue weighted by Gasteiger charge is 2.29. The van der Waals surface area contributed by atoms with Gasteiger partial charge in [0.05, 0.1) is 10.4 Å². The van der Waals surface area contributed by atoms with E-state index in [1.807, 2.05) is 48.2 Å². The Kier molecular flexibility index (Phi) is 5.33. The van der Waals surface area contributed by atoms with Crippen LogP contribution in [-0.4, -0.2) is 63.0 Å². The van der Waals surface area contributed by atoms with Crippen molar-refractivity contribution in [1.29, 1.82) is 0 Å². The van der Waals surface area contributed by atoms with Crippen molar-refractivity contribution in [2.75, 3.05) is 50.1 Å². The number of aromatic nitrogens is 2. The summed E-state index contributed by atoms with van der Waals surface area (Å²) < 4.78 is 27.3. The second-order valence-corrected chi connectivity index (χ2v) is 9.48. The molecule has 0 bridgehead atoms. The number of nitrogens with zero attached hydrogens (tertiary/aromatic N) is 5. The maximum Gasteiger partial charge on any atom is 0.243 e. The maximum atomic E-state index is 12.9. The largest absolute Gasteiger partial charge is 0.362 e. The molecule has 1 aliphatic rings. The second-order valence-electron chi connectivity index (χ2n) is 7.10. The molecule has 1 fully saturated rings. The van der Waals surface area contributed by atoms with E-state index in [1.54, 1.807) is 24.3 Å². The first-order chi connectivity index (χ1) is 13.9. The van der Waals surface area contributed by atoms with Gasteiger partial charge < -0.3 is 9.80 Å². The van der Waals surface area contributed by atoms with Crippen LogP contribution in [0.5, 0.6) is 0 Å². The second kappa shape index (κ2) is 7.78. The smallest absolute Gasteiger partial charge is 0.243 e. The Balaban J connectivity index is 1.56. The van der Waals surface area contributed by atoms with E-state index >= 15 is 0 Å². The summed E-state index contributed by atoms with van der Waals surface area (Å²) in [6.07, 6.45) is 0. The number of hydrogen-bond donors (Lipinski definition) is 0. The average Bonchev–Trinajstić information content (AvgIpc) is 2.73. The number of benzene rings is 2. The fourth-order valence-electron chi connectivity index (χ4n) is 3.41. The van der Waals surface area contributed by atoms with Gasteiger partial charge in [-0.25, -0.2) is 13.4 Å². The zero-order chi connectivity index (χ0) is 20.6. The molecule has 7 nitrogen and oxygen atoms in total. The quantitative estimate of drug-likeness (QED) is 0.632. The highest BCUT2D eigenvalue weighted by atomic mass is 35.5. The molecule has 0 amide bonds. The van der Waals surface area contributed by atoms with Crippen LogP contribution in [0.15, 0.2) is 53.4 Å². The number of halogens is 1.